The first-order valence-corrected chi connectivity index (χ1v) is 17.3. The Bertz CT molecular complexity index is 1800. The first kappa shape index (κ1) is 33.9. The van der Waals surface area contributed by atoms with Crippen molar-refractivity contribution in [3.05, 3.63) is 83.1 Å². The van der Waals surface area contributed by atoms with Gasteiger partial charge >= 0.3 is 6.09 Å². The summed E-state index contributed by atoms with van der Waals surface area (Å²) in [6, 6.07) is 15.5. The second kappa shape index (κ2) is 13.0. The quantitative estimate of drug-likeness (QED) is 0.334. The summed E-state index contributed by atoms with van der Waals surface area (Å²) in [5, 5.41) is -0.351. The molecule has 0 radical (unpaired) electrons. The number of anilines is 2. The maximum atomic E-state index is 14.0. The van der Waals surface area contributed by atoms with Crippen LogP contribution >= 0.6 is 0 Å². The van der Waals surface area contributed by atoms with Crippen molar-refractivity contribution in [2.24, 2.45) is 5.92 Å². The van der Waals surface area contributed by atoms with Crippen molar-refractivity contribution < 1.29 is 22.7 Å². The molecule has 0 saturated carbocycles. The van der Waals surface area contributed by atoms with Crippen LogP contribution in [-0.4, -0.2) is 60.5 Å². The van der Waals surface area contributed by atoms with Crippen LogP contribution in [0.5, 0.6) is 0 Å². The number of nitrogens with one attached hydrogen (secondary N) is 1. The molecule has 0 bridgehead atoms. The maximum Gasteiger partial charge on any atom is 0.410 e. The number of sulfonamides is 1. The van der Waals surface area contributed by atoms with E-state index in [0.29, 0.717) is 37.8 Å². The lowest BCUT2D eigenvalue weighted by Crippen LogP contribution is -2.44. The average Bonchev–Trinajstić information content (AvgIpc) is 3.30. The van der Waals surface area contributed by atoms with E-state index in [1.54, 1.807) is 11.0 Å². The molecular weight excluding hydrogens is 616 g/mol. The smallest absolute Gasteiger partial charge is 0.410 e. The molecule has 1 saturated heterocycles. The van der Waals surface area contributed by atoms with Crippen molar-refractivity contribution >= 4 is 39.2 Å². The fourth-order valence-corrected chi connectivity index (χ4v) is 6.94. The Balaban J connectivity index is 1.52. The summed E-state index contributed by atoms with van der Waals surface area (Å²) in [4.78, 5) is 39.7. The van der Waals surface area contributed by atoms with Gasteiger partial charge in [0.1, 0.15) is 18.2 Å². The van der Waals surface area contributed by atoms with Gasteiger partial charge in [0.25, 0.3) is 15.9 Å². The van der Waals surface area contributed by atoms with Crippen LogP contribution in [0.15, 0.2) is 65.7 Å². The third-order valence-electron chi connectivity index (χ3n) is 9.17. The van der Waals surface area contributed by atoms with Gasteiger partial charge in [0, 0.05) is 36.2 Å². The summed E-state index contributed by atoms with van der Waals surface area (Å²) in [6.07, 6.45) is 2.95. The normalized spacial score (nSPS) is 18.1. The lowest BCUT2D eigenvalue weighted by Gasteiger charge is -2.38. The number of hydrogen-bond acceptors (Lipinski definition) is 9. The van der Waals surface area contributed by atoms with E-state index in [4.69, 9.17) is 15.5 Å². The molecule has 2 aliphatic heterocycles. The summed E-state index contributed by atoms with van der Waals surface area (Å²) in [7, 11) is -4.34. The fourth-order valence-electron chi connectivity index (χ4n) is 6.00. The number of hydrogen-bond donors (Lipinski definition) is 2. The molecule has 0 spiro atoms. The van der Waals surface area contributed by atoms with Crippen molar-refractivity contribution in [3.8, 4) is 0 Å². The van der Waals surface area contributed by atoms with Crippen LogP contribution in [0.1, 0.15) is 81.6 Å². The molecule has 4 heterocycles. The Morgan fingerprint density at radius 3 is 2.38 bits per heavy atom. The molecule has 1 unspecified atom stereocenters. The van der Waals surface area contributed by atoms with Gasteiger partial charge in [-0.1, -0.05) is 70.2 Å². The van der Waals surface area contributed by atoms with Crippen LogP contribution < -0.4 is 15.4 Å². The molecule has 1 atom stereocenters. The molecule has 3 N–H and O–H groups in total. The highest BCUT2D eigenvalue weighted by Crippen LogP contribution is 2.42. The van der Waals surface area contributed by atoms with Crippen molar-refractivity contribution in [2.45, 2.75) is 77.0 Å². The number of pyridine rings is 2. The predicted molar refractivity (Wildman–Crippen MR) is 182 cm³/mol. The number of carbonyl (C=O) groups is 2. The molecule has 47 heavy (non-hydrogen) atoms. The minimum absolute atomic E-state index is 0.0227. The molecule has 12 heteroatoms. The van der Waals surface area contributed by atoms with Crippen molar-refractivity contribution in [1.29, 1.82) is 0 Å². The molecule has 11 nitrogen and oxygen atoms in total. The second-order valence-corrected chi connectivity index (χ2v) is 15.4. The molecular formula is C35H44N6O5S. The molecule has 1 fully saturated rings. The number of nitrogen functional groups attached to an aromatic ring is 1. The van der Waals surface area contributed by atoms with Gasteiger partial charge < -0.3 is 20.3 Å². The third-order valence-corrected chi connectivity index (χ3v) is 10.4. The summed E-state index contributed by atoms with van der Waals surface area (Å²) in [5.74, 6) is -0.0403. The standard InChI is InChI=1S/C35H44N6O5S/c1-23-15-20-41(35(23,5)6)31-27(32(42)39-47(44,45)29-14-10-13-28(36)37-29)21-26(30(38-31)34(2,3)4)25-16-18-40(19-17-25)33(43)46-22-24-11-8-7-9-12-24/h7-14,16,21,23H,15,17-20,22H2,1-6H3,(H2,36,37)(H,39,42). The Morgan fingerprint density at radius 1 is 1.06 bits per heavy atom. The number of ether oxygens (including phenoxy) is 1. The minimum Gasteiger partial charge on any atom is -0.445 e. The van der Waals surface area contributed by atoms with Gasteiger partial charge in [-0.2, -0.15) is 8.42 Å². The Kier molecular flexibility index (Phi) is 9.36. The molecule has 2 aromatic heterocycles. The summed E-state index contributed by atoms with van der Waals surface area (Å²) >= 11 is 0. The van der Waals surface area contributed by atoms with Crippen LogP contribution in [0.4, 0.5) is 16.4 Å². The summed E-state index contributed by atoms with van der Waals surface area (Å²) < 4.78 is 34.3. The number of nitrogens with two attached hydrogens (primary N) is 1. The van der Waals surface area contributed by atoms with Crippen LogP contribution in [-0.2, 0) is 26.8 Å². The summed E-state index contributed by atoms with van der Waals surface area (Å²) in [5.41, 5.74) is 8.48. The van der Waals surface area contributed by atoms with Crippen molar-refractivity contribution in [3.63, 3.8) is 0 Å². The Labute approximate surface area is 277 Å². The second-order valence-electron chi connectivity index (χ2n) is 13.8. The largest absolute Gasteiger partial charge is 0.445 e. The molecule has 250 valence electrons. The first-order valence-electron chi connectivity index (χ1n) is 15.9. The Morgan fingerprint density at radius 2 is 1.79 bits per heavy atom. The van der Waals surface area contributed by atoms with E-state index >= 15 is 0 Å². The lowest BCUT2D eigenvalue weighted by molar-refractivity contribution is 0.0979. The van der Waals surface area contributed by atoms with Crippen LogP contribution in [0, 0.1) is 5.92 Å². The number of benzene rings is 1. The first-order chi connectivity index (χ1) is 22.1. The van der Waals surface area contributed by atoms with Crippen molar-refractivity contribution in [1.82, 2.24) is 19.6 Å². The zero-order valence-electron chi connectivity index (χ0n) is 27.9. The predicted octanol–water partition coefficient (Wildman–Crippen LogP) is 5.53. The zero-order valence-corrected chi connectivity index (χ0v) is 28.7. The number of nitrogens with zero attached hydrogens (tertiary/aromatic N) is 4. The zero-order chi connectivity index (χ0) is 34.1. The van der Waals surface area contributed by atoms with E-state index in [2.05, 4.69) is 56.1 Å². The topological polar surface area (TPSA) is 148 Å². The van der Waals surface area contributed by atoms with Gasteiger partial charge in [0.15, 0.2) is 5.03 Å². The Hall–Kier alpha value is -4.45. The van der Waals surface area contributed by atoms with E-state index < -0.39 is 27.4 Å². The average molecular weight is 661 g/mol. The van der Waals surface area contributed by atoms with Gasteiger partial charge in [0.05, 0.1) is 11.3 Å². The summed E-state index contributed by atoms with van der Waals surface area (Å²) in [6.45, 7) is 14.2. The minimum atomic E-state index is -4.34. The van der Waals surface area contributed by atoms with E-state index in [1.807, 2.05) is 36.4 Å². The van der Waals surface area contributed by atoms with E-state index in [0.717, 1.165) is 28.8 Å². The molecule has 1 aromatic carbocycles. The molecule has 2 aliphatic rings. The number of rotatable bonds is 7. The van der Waals surface area contributed by atoms with Gasteiger partial charge in [-0.15, -0.1) is 0 Å². The monoisotopic (exact) mass is 660 g/mol. The SMILES string of the molecule is CC1CCN(c2nc(C(C)(C)C)c(C3=CCN(C(=O)OCc4ccccc4)CC3)cc2C(=O)NS(=O)(=O)c2cccc(N)n2)C1(C)C. The van der Waals surface area contributed by atoms with Gasteiger partial charge in [-0.3, -0.25) is 4.79 Å². The lowest BCUT2D eigenvalue weighted by atomic mass is 9.83. The molecule has 0 aliphatic carbocycles. The molecule has 2 amide bonds. The van der Waals surface area contributed by atoms with Crippen LogP contribution in [0.3, 0.4) is 0 Å². The molecule has 5 rings (SSSR count). The molecule has 3 aromatic rings. The van der Waals surface area contributed by atoms with Gasteiger partial charge in [-0.05, 0) is 61.9 Å². The van der Waals surface area contributed by atoms with Crippen molar-refractivity contribution in [2.75, 3.05) is 30.3 Å². The van der Waals surface area contributed by atoms with E-state index in [1.165, 1.54) is 18.2 Å². The maximum absolute atomic E-state index is 14.0. The number of carbonyl (C=O) groups excluding carboxylic acids is 2. The van der Waals surface area contributed by atoms with Crippen LogP contribution in [0.2, 0.25) is 0 Å². The fraction of sp³-hybridized carbons (Fsp3) is 0.429. The van der Waals surface area contributed by atoms with Gasteiger partial charge in [0.2, 0.25) is 0 Å². The highest BCUT2D eigenvalue weighted by molar-refractivity contribution is 7.90. The van der Waals surface area contributed by atoms with Gasteiger partial charge in [-0.25, -0.2) is 19.5 Å². The number of aromatic nitrogens is 2. The third kappa shape index (κ3) is 7.27. The van der Waals surface area contributed by atoms with E-state index in [9.17, 15) is 18.0 Å². The van der Waals surface area contributed by atoms with E-state index in [-0.39, 0.29) is 28.6 Å². The highest BCUT2D eigenvalue weighted by atomic mass is 32.2. The highest BCUT2D eigenvalue weighted by Gasteiger charge is 2.42. The van der Waals surface area contributed by atoms with Crippen LogP contribution in [0.25, 0.3) is 5.57 Å². The number of amides is 2.